The third kappa shape index (κ3) is 2.55. The van der Waals surface area contributed by atoms with Gasteiger partial charge in [-0.2, -0.15) is 0 Å². The molecule has 18 heavy (non-hydrogen) atoms. The predicted octanol–water partition coefficient (Wildman–Crippen LogP) is 2.36. The van der Waals surface area contributed by atoms with E-state index in [0.29, 0.717) is 5.56 Å². The van der Waals surface area contributed by atoms with Gasteiger partial charge in [-0.05, 0) is 24.3 Å². The van der Waals surface area contributed by atoms with E-state index in [-0.39, 0.29) is 17.1 Å². The van der Waals surface area contributed by atoms with Crippen molar-refractivity contribution in [2.45, 2.75) is 0 Å². The summed E-state index contributed by atoms with van der Waals surface area (Å²) in [6, 6.07) is 12.7. The van der Waals surface area contributed by atoms with Gasteiger partial charge in [0.05, 0.1) is 5.56 Å². The van der Waals surface area contributed by atoms with E-state index in [2.05, 4.69) is 4.99 Å². The number of carbonyl (C=O) groups is 1. The second kappa shape index (κ2) is 5.14. The Hall–Kier alpha value is -2.62. The number of aliphatic imine (C=N–C) groups is 1. The van der Waals surface area contributed by atoms with Crippen LogP contribution in [0.1, 0.15) is 15.9 Å². The maximum Gasteiger partial charge on any atom is 0.280 e. The number of carbonyl (C=O) groups excluding carboxylic acids is 1. The van der Waals surface area contributed by atoms with Gasteiger partial charge in [-0.25, -0.2) is 4.99 Å². The molecule has 0 aliphatic rings. The number of phenols is 2. The van der Waals surface area contributed by atoms with Gasteiger partial charge in [0.1, 0.15) is 11.5 Å². The Morgan fingerprint density at radius 3 is 2.22 bits per heavy atom. The largest absolute Gasteiger partial charge is 0.507 e. The monoisotopic (exact) mass is 241 g/mol. The molecule has 2 aromatic carbocycles. The smallest absolute Gasteiger partial charge is 0.280 e. The highest BCUT2D eigenvalue weighted by Gasteiger charge is 2.08. The van der Waals surface area contributed by atoms with Crippen LogP contribution in [0.15, 0.2) is 53.5 Å². The Balaban J connectivity index is 2.23. The molecule has 0 heterocycles. The summed E-state index contributed by atoms with van der Waals surface area (Å²) in [4.78, 5) is 15.4. The molecule has 0 atom stereocenters. The Kier molecular flexibility index (Phi) is 3.38. The number of hydrogen-bond acceptors (Lipinski definition) is 3. The van der Waals surface area contributed by atoms with Crippen LogP contribution in [0.25, 0.3) is 0 Å². The molecular weight excluding hydrogens is 230 g/mol. The Labute approximate surface area is 104 Å². The molecule has 0 unspecified atom stereocenters. The van der Waals surface area contributed by atoms with Crippen molar-refractivity contribution in [2.75, 3.05) is 0 Å². The summed E-state index contributed by atoms with van der Waals surface area (Å²) in [6.45, 7) is 0. The predicted molar refractivity (Wildman–Crippen MR) is 68.1 cm³/mol. The summed E-state index contributed by atoms with van der Waals surface area (Å²) in [5, 5.41) is 19.0. The molecule has 90 valence electrons. The molecule has 2 aromatic rings. The molecule has 2 N–H and O–H groups in total. The molecule has 4 heteroatoms. The summed E-state index contributed by atoms with van der Waals surface area (Å²) >= 11 is 0. The van der Waals surface area contributed by atoms with Gasteiger partial charge in [0, 0.05) is 11.8 Å². The second-order valence-electron chi connectivity index (χ2n) is 3.64. The van der Waals surface area contributed by atoms with Gasteiger partial charge in [-0.3, -0.25) is 4.79 Å². The minimum Gasteiger partial charge on any atom is -0.507 e. The van der Waals surface area contributed by atoms with Crippen LogP contribution in [0.3, 0.4) is 0 Å². The van der Waals surface area contributed by atoms with Gasteiger partial charge in [-0.15, -0.1) is 0 Å². The molecule has 0 aliphatic carbocycles. The lowest BCUT2D eigenvalue weighted by Gasteiger charge is -1.99. The number of hydrogen-bond donors (Lipinski definition) is 2. The fourth-order valence-electron chi connectivity index (χ4n) is 1.45. The standard InChI is InChI=1S/C14H11NO3/c16-12-7-3-1-5-10(12)9-15-14(18)11-6-2-4-8-13(11)17/h1-9,16-17H. The fraction of sp³-hybridized carbons (Fsp3) is 0. The quantitative estimate of drug-likeness (QED) is 0.793. The first-order valence-corrected chi connectivity index (χ1v) is 5.33. The van der Waals surface area contributed by atoms with Crippen molar-refractivity contribution < 1.29 is 15.0 Å². The first kappa shape index (κ1) is 11.9. The van der Waals surface area contributed by atoms with Crippen LogP contribution in [0.2, 0.25) is 0 Å². The van der Waals surface area contributed by atoms with Gasteiger partial charge in [0.25, 0.3) is 5.91 Å². The van der Waals surface area contributed by atoms with Crippen LogP contribution in [0, 0.1) is 0 Å². The summed E-state index contributed by atoms with van der Waals surface area (Å²) in [5.41, 5.74) is 0.574. The van der Waals surface area contributed by atoms with E-state index in [1.54, 1.807) is 30.3 Å². The first-order chi connectivity index (χ1) is 8.68. The Morgan fingerprint density at radius 2 is 1.56 bits per heavy atom. The summed E-state index contributed by atoms with van der Waals surface area (Å²) in [5.74, 6) is -0.625. The zero-order valence-electron chi connectivity index (χ0n) is 9.45. The summed E-state index contributed by atoms with van der Waals surface area (Å²) in [6.07, 6.45) is 1.27. The van der Waals surface area contributed by atoms with Crippen LogP contribution in [-0.4, -0.2) is 22.3 Å². The zero-order chi connectivity index (χ0) is 13.0. The molecule has 4 nitrogen and oxygen atoms in total. The molecule has 0 saturated heterocycles. The third-order valence-corrected chi connectivity index (χ3v) is 2.39. The van der Waals surface area contributed by atoms with Crippen molar-refractivity contribution in [1.29, 1.82) is 0 Å². The maximum absolute atomic E-state index is 11.7. The number of benzene rings is 2. The lowest BCUT2D eigenvalue weighted by atomic mass is 10.2. The van der Waals surface area contributed by atoms with E-state index in [0.717, 1.165) is 0 Å². The van der Waals surface area contributed by atoms with Gasteiger partial charge in [-0.1, -0.05) is 24.3 Å². The van der Waals surface area contributed by atoms with E-state index >= 15 is 0 Å². The number of amides is 1. The molecular formula is C14H11NO3. The van der Waals surface area contributed by atoms with Crippen molar-refractivity contribution in [3.63, 3.8) is 0 Å². The molecule has 0 radical (unpaired) electrons. The third-order valence-electron chi connectivity index (χ3n) is 2.39. The highest BCUT2D eigenvalue weighted by atomic mass is 16.3. The summed E-state index contributed by atoms with van der Waals surface area (Å²) < 4.78 is 0. The van der Waals surface area contributed by atoms with E-state index in [9.17, 15) is 15.0 Å². The average molecular weight is 241 g/mol. The van der Waals surface area contributed by atoms with Gasteiger partial charge in [0.2, 0.25) is 0 Å². The van der Waals surface area contributed by atoms with Crippen molar-refractivity contribution in [1.82, 2.24) is 0 Å². The minimum absolute atomic E-state index is 0.0475. The van der Waals surface area contributed by atoms with E-state index in [1.165, 1.54) is 24.4 Å². The van der Waals surface area contributed by atoms with Crippen LogP contribution in [0.5, 0.6) is 11.5 Å². The van der Waals surface area contributed by atoms with Gasteiger partial charge in [0.15, 0.2) is 0 Å². The first-order valence-electron chi connectivity index (χ1n) is 5.33. The number of aromatic hydroxyl groups is 2. The molecule has 0 bridgehead atoms. The fourth-order valence-corrected chi connectivity index (χ4v) is 1.45. The number of rotatable bonds is 2. The van der Waals surface area contributed by atoms with Gasteiger partial charge >= 0.3 is 0 Å². The highest BCUT2D eigenvalue weighted by Crippen LogP contribution is 2.17. The lowest BCUT2D eigenvalue weighted by molar-refractivity contribution is 0.100. The highest BCUT2D eigenvalue weighted by molar-refractivity contribution is 6.03. The molecule has 1 amide bonds. The Bertz CT molecular complexity index is 605. The van der Waals surface area contributed by atoms with Crippen molar-refractivity contribution in [2.24, 2.45) is 4.99 Å². The molecule has 0 saturated carbocycles. The SMILES string of the molecule is O=C(N=Cc1ccccc1O)c1ccccc1O. The van der Waals surface area contributed by atoms with Crippen LogP contribution in [-0.2, 0) is 0 Å². The zero-order valence-corrected chi connectivity index (χ0v) is 9.45. The normalized spacial score (nSPS) is 10.7. The second-order valence-corrected chi connectivity index (χ2v) is 3.64. The van der Waals surface area contributed by atoms with Crippen molar-refractivity contribution in [3.8, 4) is 11.5 Å². The molecule has 0 fully saturated rings. The van der Waals surface area contributed by atoms with E-state index < -0.39 is 5.91 Å². The van der Waals surface area contributed by atoms with Gasteiger partial charge < -0.3 is 10.2 Å². The van der Waals surface area contributed by atoms with Crippen molar-refractivity contribution in [3.05, 3.63) is 59.7 Å². The number of phenolic OH excluding ortho intramolecular Hbond substituents is 2. The van der Waals surface area contributed by atoms with Crippen LogP contribution in [0.4, 0.5) is 0 Å². The molecule has 0 aliphatic heterocycles. The van der Waals surface area contributed by atoms with Crippen LogP contribution < -0.4 is 0 Å². The average Bonchev–Trinajstić information content (AvgIpc) is 2.38. The van der Waals surface area contributed by atoms with Crippen molar-refractivity contribution >= 4 is 12.1 Å². The summed E-state index contributed by atoms with van der Waals surface area (Å²) in [7, 11) is 0. The maximum atomic E-state index is 11.7. The molecule has 0 spiro atoms. The minimum atomic E-state index is -0.559. The van der Waals surface area contributed by atoms with Crippen LogP contribution >= 0.6 is 0 Å². The van der Waals surface area contributed by atoms with E-state index in [4.69, 9.17) is 0 Å². The van der Waals surface area contributed by atoms with E-state index in [1.807, 2.05) is 0 Å². The Morgan fingerprint density at radius 1 is 0.944 bits per heavy atom. The molecule has 2 rings (SSSR count). The topological polar surface area (TPSA) is 69.9 Å². The lowest BCUT2D eigenvalue weighted by Crippen LogP contribution is -1.96. The molecule has 0 aromatic heterocycles. The number of para-hydroxylation sites is 2. The number of nitrogens with zero attached hydrogens (tertiary/aromatic N) is 1.